The number of aryl methyl sites for hydroxylation is 1. The van der Waals surface area contributed by atoms with Gasteiger partial charge in [0.2, 0.25) is 0 Å². The van der Waals surface area contributed by atoms with E-state index in [0.29, 0.717) is 0 Å². The van der Waals surface area contributed by atoms with Gasteiger partial charge in [-0.3, -0.25) is 4.98 Å². The van der Waals surface area contributed by atoms with Crippen molar-refractivity contribution in [1.82, 2.24) is 4.98 Å². The minimum atomic E-state index is 0.791. The van der Waals surface area contributed by atoms with Crippen LogP contribution in [-0.4, -0.2) is 4.98 Å². The Kier molecular flexibility index (Phi) is 2.86. The lowest BCUT2D eigenvalue weighted by molar-refractivity contribution is 0.796. The van der Waals surface area contributed by atoms with Gasteiger partial charge in [0.15, 0.2) is 0 Å². The molecule has 2 nitrogen and oxygen atoms in total. The zero-order valence-corrected chi connectivity index (χ0v) is 9.03. The molecule has 2 rings (SSSR count). The molecule has 0 fully saturated rings. The molecule has 0 bridgehead atoms. The Hall–Kier alpha value is -1.57. The molecule has 0 amide bonds. The van der Waals surface area contributed by atoms with Crippen LogP contribution in [0.5, 0.6) is 0 Å². The highest BCUT2D eigenvalue weighted by Gasteiger charge is 2.01. The Morgan fingerprint density at radius 2 is 2.20 bits per heavy atom. The van der Waals surface area contributed by atoms with E-state index in [1.165, 1.54) is 18.4 Å². The summed E-state index contributed by atoms with van der Waals surface area (Å²) in [5.74, 6) is 0. The summed E-state index contributed by atoms with van der Waals surface area (Å²) in [6.45, 7) is 2.20. The van der Waals surface area contributed by atoms with E-state index in [0.717, 1.165) is 23.0 Å². The van der Waals surface area contributed by atoms with Crippen molar-refractivity contribution in [3.8, 4) is 0 Å². The fourth-order valence-corrected chi connectivity index (χ4v) is 1.81. The standard InChI is InChI=1S/C13H16N2/c1-2-3-5-10-8-11-6-4-7-15-13(11)12(14)9-10/h4,6-9H,2-3,5,14H2,1H3. The summed E-state index contributed by atoms with van der Waals surface area (Å²) < 4.78 is 0. The Balaban J connectivity index is 2.43. The summed E-state index contributed by atoms with van der Waals surface area (Å²) >= 11 is 0. The second-order valence-electron chi connectivity index (χ2n) is 3.86. The van der Waals surface area contributed by atoms with Gasteiger partial charge < -0.3 is 5.73 Å². The number of nitrogens with two attached hydrogens (primary N) is 1. The van der Waals surface area contributed by atoms with Crippen LogP contribution in [-0.2, 0) is 6.42 Å². The normalized spacial score (nSPS) is 10.7. The maximum atomic E-state index is 5.97. The number of aromatic nitrogens is 1. The predicted molar refractivity (Wildman–Crippen MR) is 64.8 cm³/mol. The fourth-order valence-electron chi connectivity index (χ4n) is 1.81. The van der Waals surface area contributed by atoms with Crippen molar-refractivity contribution in [1.29, 1.82) is 0 Å². The molecule has 1 heterocycles. The molecule has 0 atom stereocenters. The first-order valence-electron chi connectivity index (χ1n) is 5.44. The van der Waals surface area contributed by atoms with E-state index in [1.54, 1.807) is 6.20 Å². The molecule has 0 aliphatic heterocycles. The first-order valence-corrected chi connectivity index (χ1v) is 5.44. The van der Waals surface area contributed by atoms with Crippen molar-refractivity contribution >= 4 is 16.6 Å². The van der Waals surface area contributed by atoms with E-state index >= 15 is 0 Å². The van der Waals surface area contributed by atoms with E-state index in [2.05, 4.69) is 24.0 Å². The van der Waals surface area contributed by atoms with Crippen molar-refractivity contribution in [2.24, 2.45) is 0 Å². The third-order valence-corrected chi connectivity index (χ3v) is 2.61. The molecule has 78 valence electrons. The Morgan fingerprint density at radius 1 is 1.33 bits per heavy atom. The van der Waals surface area contributed by atoms with Gasteiger partial charge in [0.1, 0.15) is 0 Å². The van der Waals surface area contributed by atoms with Gasteiger partial charge in [-0.25, -0.2) is 0 Å². The molecular formula is C13H16N2. The molecule has 0 spiro atoms. The predicted octanol–water partition coefficient (Wildman–Crippen LogP) is 3.16. The number of hydrogen-bond acceptors (Lipinski definition) is 2. The van der Waals surface area contributed by atoms with Crippen LogP contribution >= 0.6 is 0 Å². The van der Waals surface area contributed by atoms with Gasteiger partial charge in [-0.2, -0.15) is 0 Å². The van der Waals surface area contributed by atoms with Gasteiger partial charge in [-0.1, -0.05) is 19.4 Å². The molecule has 2 heteroatoms. The van der Waals surface area contributed by atoms with Crippen molar-refractivity contribution in [2.45, 2.75) is 26.2 Å². The van der Waals surface area contributed by atoms with Crippen LogP contribution in [0, 0.1) is 0 Å². The van der Waals surface area contributed by atoms with Crippen LogP contribution in [0.1, 0.15) is 25.3 Å². The van der Waals surface area contributed by atoms with Crippen molar-refractivity contribution in [2.75, 3.05) is 5.73 Å². The molecule has 2 N–H and O–H groups in total. The molecule has 0 saturated carbocycles. The maximum absolute atomic E-state index is 5.97. The topological polar surface area (TPSA) is 38.9 Å². The summed E-state index contributed by atoms with van der Waals surface area (Å²) in [4.78, 5) is 4.28. The third-order valence-electron chi connectivity index (χ3n) is 2.61. The number of pyridine rings is 1. The van der Waals surface area contributed by atoms with E-state index in [9.17, 15) is 0 Å². The zero-order chi connectivity index (χ0) is 10.7. The van der Waals surface area contributed by atoms with E-state index in [-0.39, 0.29) is 0 Å². The van der Waals surface area contributed by atoms with Gasteiger partial charge >= 0.3 is 0 Å². The molecule has 1 aromatic heterocycles. The smallest absolute Gasteiger partial charge is 0.0931 e. The SMILES string of the molecule is CCCCc1cc(N)c2ncccc2c1. The average molecular weight is 200 g/mol. The quantitative estimate of drug-likeness (QED) is 0.773. The summed E-state index contributed by atoms with van der Waals surface area (Å²) in [5.41, 5.74) is 8.99. The number of hydrogen-bond donors (Lipinski definition) is 1. The molecular weight excluding hydrogens is 184 g/mol. The Bertz CT molecular complexity index is 463. The molecule has 0 saturated heterocycles. The van der Waals surface area contributed by atoms with E-state index in [4.69, 9.17) is 5.73 Å². The summed E-state index contributed by atoms with van der Waals surface area (Å²) in [7, 11) is 0. The molecule has 0 aliphatic rings. The van der Waals surface area contributed by atoms with Crippen molar-refractivity contribution < 1.29 is 0 Å². The molecule has 1 aromatic carbocycles. The minimum absolute atomic E-state index is 0.791. The lowest BCUT2D eigenvalue weighted by Gasteiger charge is -2.05. The fraction of sp³-hybridized carbons (Fsp3) is 0.308. The molecule has 15 heavy (non-hydrogen) atoms. The van der Waals surface area contributed by atoms with Crippen LogP contribution in [0.3, 0.4) is 0 Å². The largest absolute Gasteiger partial charge is 0.397 e. The van der Waals surface area contributed by atoms with Gasteiger partial charge in [-0.15, -0.1) is 0 Å². The lowest BCUT2D eigenvalue weighted by atomic mass is 10.0. The van der Waals surface area contributed by atoms with Crippen molar-refractivity contribution in [3.63, 3.8) is 0 Å². The van der Waals surface area contributed by atoms with Gasteiger partial charge in [0.05, 0.1) is 11.2 Å². The van der Waals surface area contributed by atoms with Crippen molar-refractivity contribution in [3.05, 3.63) is 36.0 Å². The number of unbranched alkanes of at least 4 members (excludes halogenated alkanes) is 1. The second kappa shape index (κ2) is 4.30. The van der Waals surface area contributed by atoms with Gasteiger partial charge in [-0.05, 0) is 36.6 Å². The second-order valence-corrected chi connectivity index (χ2v) is 3.86. The number of rotatable bonds is 3. The van der Waals surface area contributed by atoms with Crippen LogP contribution in [0.2, 0.25) is 0 Å². The third kappa shape index (κ3) is 2.09. The first kappa shape index (κ1) is 9.97. The van der Waals surface area contributed by atoms with E-state index < -0.39 is 0 Å². The van der Waals surface area contributed by atoms with Crippen LogP contribution in [0.25, 0.3) is 10.9 Å². The summed E-state index contributed by atoms with van der Waals surface area (Å²) in [5, 5.41) is 1.14. The minimum Gasteiger partial charge on any atom is -0.397 e. The number of nitrogen functional groups attached to an aromatic ring is 1. The highest BCUT2D eigenvalue weighted by molar-refractivity contribution is 5.89. The van der Waals surface area contributed by atoms with Crippen LogP contribution in [0.4, 0.5) is 5.69 Å². The monoisotopic (exact) mass is 200 g/mol. The zero-order valence-electron chi connectivity index (χ0n) is 9.03. The van der Waals surface area contributed by atoms with Crippen LogP contribution in [0.15, 0.2) is 30.5 Å². The first-order chi connectivity index (χ1) is 7.31. The molecule has 2 aromatic rings. The average Bonchev–Trinajstić information content (AvgIpc) is 2.26. The summed E-state index contributed by atoms with van der Waals surface area (Å²) in [6, 6.07) is 8.25. The number of fused-ring (bicyclic) bond motifs is 1. The highest BCUT2D eigenvalue weighted by Crippen LogP contribution is 2.21. The summed E-state index contributed by atoms with van der Waals surface area (Å²) in [6.07, 6.45) is 5.31. The number of nitrogens with zero attached hydrogens (tertiary/aromatic N) is 1. The Labute approximate surface area is 90.1 Å². The highest BCUT2D eigenvalue weighted by atomic mass is 14.7. The lowest BCUT2D eigenvalue weighted by Crippen LogP contribution is -1.93. The molecule has 0 unspecified atom stereocenters. The van der Waals surface area contributed by atoms with E-state index in [1.807, 2.05) is 12.1 Å². The maximum Gasteiger partial charge on any atom is 0.0931 e. The van der Waals surface area contributed by atoms with Crippen LogP contribution < -0.4 is 5.73 Å². The Morgan fingerprint density at radius 3 is 3.00 bits per heavy atom. The number of anilines is 1. The van der Waals surface area contributed by atoms with Gasteiger partial charge in [0, 0.05) is 11.6 Å². The molecule has 0 radical (unpaired) electrons. The van der Waals surface area contributed by atoms with Gasteiger partial charge in [0.25, 0.3) is 0 Å². The molecule has 0 aliphatic carbocycles. The number of benzene rings is 1.